The molecule has 0 radical (unpaired) electrons. The predicted octanol–water partition coefficient (Wildman–Crippen LogP) is 13.0. The van der Waals surface area contributed by atoms with Gasteiger partial charge in [0.15, 0.2) is 11.6 Å². The molecule has 266 valence electrons. The van der Waals surface area contributed by atoms with Gasteiger partial charge in [-0.25, -0.2) is 4.98 Å². The molecular formula is C51H31N5O. The lowest BCUT2D eigenvalue weighted by Gasteiger charge is -2.11. The van der Waals surface area contributed by atoms with E-state index >= 15 is 0 Å². The van der Waals surface area contributed by atoms with E-state index in [0.717, 1.165) is 82.5 Å². The Hall–Kier alpha value is -7.83. The Morgan fingerprint density at radius 1 is 0.386 bits per heavy atom. The lowest BCUT2D eigenvalue weighted by atomic mass is 10.0. The molecule has 4 aromatic heterocycles. The van der Waals surface area contributed by atoms with Gasteiger partial charge in [0.05, 0.1) is 33.0 Å². The second-order valence-electron chi connectivity index (χ2n) is 14.4. The van der Waals surface area contributed by atoms with Crippen LogP contribution in [0.1, 0.15) is 0 Å². The van der Waals surface area contributed by atoms with Crippen LogP contribution < -0.4 is 0 Å². The maximum Gasteiger partial charge on any atom is 0.238 e. The molecule has 8 aromatic carbocycles. The molecule has 12 rings (SSSR count). The van der Waals surface area contributed by atoms with Crippen molar-refractivity contribution in [1.82, 2.24) is 24.1 Å². The molecule has 57 heavy (non-hydrogen) atoms. The van der Waals surface area contributed by atoms with Crippen LogP contribution in [0.25, 0.3) is 111 Å². The van der Waals surface area contributed by atoms with E-state index in [-0.39, 0.29) is 0 Å². The van der Waals surface area contributed by atoms with Gasteiger partial charge in [0.2, 0.25) is 5.95 Å². The van der Waals surface area contributed by atoms with Crippen LogP contribution in [-0.4, -0.2) is 24.1 Å². The van der Waals surface area contributed by atoms with Gasteiger partial charge < -0.3 is 8.98 Å². The number of fused-ring (bicyclic) bond motifs is 10. The summed E-state index contributed by atoms with van der Waals surface area (Å²) in [6.07, 6.45) is 0. The first-order valence-electron chi connectivity index (χ1n) is 19.1. The molecule has 0 saturated heterocycles. The Kier molecular flexibility index (Phi) is 6.83. The highest BCUT2D eigenvalue weighted by molar-refractivity contribution is 6.25. The van der Waals surface area contributed by atoms with E-state index in [1.54, 1.807) is 0 Å². The molecule has 6 heteroatoms. The third-order valence-corrected chi connectivity index (χ3v) is 11.2. The van der Waals surface area contributed by atoms with Crippen LogP contribution in [-0.2, 0) is 0 Å². The second kappa shape index (κ2) is 12.3. The minimum atomic E-state index is 0.540. The zero-order chi connectivity index (χ0) is 37.5. The van der Waals surface area contributed by atoms with E-state index in [2.05, 4.69) is 167 Å². The van der Waals surface area contributed by atoms with Crippen LogP contribution in [0, 0.1) is 0 Å². The quantitative estimate of drug-likeness (QED) is 0.177. The monoisotopic (exact) mass is 729 g/mol. The van der Waals surface area contributed by atoms with Crippen molar-refractivity contribution in [3.8, 4) is 45.5 Å². The Morgan fingerprint density at radius 2 is 0.947 bits per heavy atom. The SMILES string of the molecule is c1ccc(-c2cccc(-n3c4ccccc4c4ccc5oc6c(-c7nc(-c8ccccc8)nc(-n8c9ccccc9c9ccccc98)n7)cccc6c5c43)c2)cc1. The first-order valence-corrected chi connectivity index (χ1v) is 19.1. The molecule has 4 heterocycles. The smallest absolute Gasteiger partial charge is 0.238 e. The molecule has 0 aliphatic rings. The normalized spacial score (nSPS) is 11.9. The first-order chi connectivity index (χ1) is 28.3. The summed E-state index contributed by atoms with van der Waals surface area (Å²) in [6.45, 7) is 0. The zero-order valence-electron chi connectivity index (χ0n) is 30.5. The standard InChI is InChI=1S/C51H31N5O/c1-3-15-32(16-4-1)34-19-13-20-35(31-34)55-42-26-10-9-23-38(42)39-29-30-45-46(47(39)55)40-24-14-25-41(48(40)57-45)50-52-49(33-17-5-2-6-18-33)53-51(54-50)56-43-27-11-7-21-36(43)37-22-8-12-28-44(37)56/h1-31H. The average Bonchev–Trinajstić information content (AvgIpc) is 3.95. The summed E-state index contributed by atoms with van der Waals surface area (Å²) in [5.41, 5.74) is 11.0. The van der Waals surface area contributed by atoms with Crippen LogP contribution >= 0.6 is 0 Å². The van der Waals surface area contributed by atoms with Gasteiger partial charge in [0, 0.05) is 38.2 Å². The molecule has 0 spiro atoms. The van der Waals surface area contributed by atoms with E-state index in [1.165, 1.54) is 10.9 Å². The number of rotatable bonds is 5. The summed E-state index contributed by atoms with van der Waals surface area (Å²) < 4.78 is 11.5. The van der Waals surface area contributed by atoms with E-state index in [9.17, 15) is 0 Å². The molecule has 0 N–H and O–H groups in total. The molecule has 6 nitrogen and oxygen atoms in total. The van der Waals surface area contributed by atoms with Crippen LogP contribution in [0.15, 0.2) is 192 Å². The Balaban J connectivity index is 1.14. The fourth-order valence-corrected chi connectivity index (χ4v) is 8.68. The molecule has 12 aromatic rings. The van der Waals surface area contributed by atoms with Gasteiger partial charge in [0.1, 0.15) is 11.2 Å². The minimum Gasteiger partial charge on any atom is -0.455 e. The molecule has 0 bridgehead atoms. The third kappa shape index (κ3) is 4.81. The zero-order valence-corrected chi connectivity index (χ0v) is 30.5. The Bertz CT molecular complexity index is 3470. The van der Waals surface area contributed by atoms with Gasteiger partial charge in [-0.05, 0) is 59.7 Å². The van der Waals surface area contributed by atoms with Gasteiger partial charge in [0.25, 0.3) is 0 Å². The summed E-state index contributed by atoms with van der Waals surface area (Å²) in [4.78, 5) is 15.6. The molecule has 0 amide bonds. The van der Waals surface area contributed by atoms with Crippen LogP contribution in [0.3, 0.4) is 0 Å². The van der Waals surface area contributed by atoms with Crippen molar-refractivity contribution >= 4 is 65.6 Å². The number of furan rings is 1. The summed E-state index contributed by atoms with van der Waals surface area (Å²) in [5.74, 6) is 1.68. The van der Waals surface area contributed by atoms with E-state index < -0.39 is 0 Å². The molecule has 0 aliphatic carbocycles. The van der Waals surface area contributed by atoms with Crippen molar-refractivity contribution in [2.75, 3.05) is 0 Å². The molecular weight excluding hydrogens is 699 g/mol. The molecule has 0 aliphatic heterocycles. The van der Waals surface area contributed by atoms with Crippen molar-refractivity contribution in [1.29, 1.82) is 0 Å². The molecule has 0 atom stereocenters. The van der Waals surface area contributed by atoms with E-state index in [1.807, 2.05) is 30.3 Å². The summed E-state index contributed by atoms with van der Waals surface area (Å²) in [6, 6.07) is 65.5. The highest BCUT2D eigenvalue weighted by atomic mass is 16.3. The van der Waals surface area contributed by atoms with Gasteiger partial charge in [-0.2, -0.15) is 9.97 Å². The Labute approximate surface area is 326 Å². The number of hydrogen-bond acceptors (Lipinski definition) is 4. The van der Waals surface area contributed by atoms with Crippen molar-refractivity contribution in [2.45, 2.75) is 0 Å². The molecule has 0 unspecified atom stereocenters. The van der Waals surface area contributed by atoms with Crippen molar-refractivity contribution < 1.29 is 4.42 Å². The van der Waals surface area contributed by atoms with Crippen LogP contribution in [0.2, 0.25) is 0 Å². The van der Waals surface area contributed by atoms with E-state index in [0.29, 0.717) is 17.6 Å². The number of aromatic nitrogens is 5. The first kappa shape index (κ1) is 31.5. The fourth-order valence-electron chi connectivity index (χ4n) is 8.68. The maximum atomic E-state index is 6.92. The van der Waals surface area contributed by atoms with Crippen LogP contribution in [0.4, 0.5) is 0 Å². The Morgan fingerprint density at radius 3 is 1.67 bits per heavy atom. The third-order valence-electron chi connectivity index (χ3n) is 11.2. The maximum absolute atomic E-state index is 6.92. The van der Waals surface area contributed by atoms with Gasteiger partial charge in [-0.15, -0.1) is 0 Å². The van der Waals surface area contributed by atoms with Gasteiger partial charge >= 0.3 is 0 Å². The number of para-hydroxylation sites is 4. The average molecular weight is 730 g/mol. The second-order valence-corrected chi connectivity index (χ2v) is 14.4. The largest absolute Gasteiger partial charge is 0.455 e. The van der Waals surface area contributed by atoms with E-state index in [4.69, 9.17) is 19.4 Å². The summed E-state index contributed by atoms with van der Waals surface area (Å²) in [5, 5.41) is 6.68. The lowest BCUT2D eigenvalue weighted by molar-refractivity contribution is 0.669. The summed E-state index contributed by atoms with van der Waals surface area (Å²) >= 11 is 0. The summed E-state index contributed by atoms with van der Waals surface area (Å²) in [7, 11) is 0. The van der Waals surface area contributed by atoms with Gasteiger partial charge in [-0.1, -0.05) is 140 Å². The minimum absolute atomic E-state index is 0.540. The van der Waals surface area contributed by atoms with Crippen molar-refractivity contribution in [2.24, 2.45) is 0 Å². The van der Waals surface area contributed by atoms with Crippen molar-refractivity contribution in [3.63, 3.8) is 0 Å². The van der Waals surface area contributed by atoms with Gasteiger partial charge in [-0.3, -0.25) is 4.57 Å². The number of nitrogens with zero attached hydrogens (tertiary/aromatic N) is 5. The van der Waals surface area contributed by atoms with Crippen LogP contribution in [0.5, 0.6) is 0 Å². The topological polar surface area (TPSA) is 61.7 Å². The molecule has 0 saturated carbocycles. The number of hydrogen-bond donors (Lipinski definition) is 0. The highest BCUT2D eigenvalue weighted by Gasteiger charge is 2.23. The molecule has 0 fully saturated rings. The number of benzene rings is 8. The predicted molar refractivity (Wildman–Crippen MR) is 232 cm³/mol. The lowest BCUT2D eigenvalue weighted by Crippen LogP contribution is -2.06. The van der Waals surface area contributed by atoms with Crippen molar-refractivity contribution in [3.05, 3.63) is 188 Å². The highest BCUT2D eigenvalue weighted by Crippen LogP contribution is 2.43. The fraction of sp³-hybridized carbons (Fsp3) is 0.